The normalized spacial score (nSPS) is 10.1. The van der Waals surface area contributed by atoms with Gasteiger partial charge < -0.3 is 14.4 Å². The van der Waals surface area contributed by atoms with Crippen LogP contribution in [0.2, 0.25) is 0 Å². The molecule has 8 heteroatoms. The Morgan fingerprint density at radius 1 is 1.04 bits per heavy atom. The Balaban J connectivity index is 2.40. The van der Waals surface area contributed by atoms with Gasteiger partial charge in [-0.2, -0.15) is 0 Å². The molecule has 0 atom stereocenters. The van der Waals surface area contributed by atoms with E-state index < -0.39 is 5.56 Å². The number of hydrogen-bond acceptors (Lipinski definition) is 6. The van der Waals surface area contributed by atoms with Gasteiger partial charge in [0.25, 0.3) is 11.1 Å². The highest BCUT2D eigenvalue weighted by atomic mass is 16.3. The van der Waals surface area contributed by atoms with Gasteiger partial charge in [0, 0.05) is 24.8 Å². The van der Waals surface area contributed by atoms with Crippen molar-refractivity contribution in [1.82, 2.24) is 24.9 Å². The summed E-state index contributed by atoms with van der Waals surface area (Å²) >= 11 is 0. The van der Waals surface area contributed by atoms with E-state index in [1.54, 1.807) is 12.3 Å². The maximum absolute atomic E-state index is 12.1. The molecule has 0 saturated heterocycles. The molecule has 0 saturated carbocycles. The molecule has 0 aliphatic carbocycles. The quantitative estimate of drug-likeness (QED) is 0.647. The lowest BCUT2D eigenvalue weighted by Gasteiger charge is -1.87. The van der Waals surface area contributed by atoms with E-state index in [4.69, 9.17) is 4.42 Å². The molecule has 0 bridgehead atoms. The lowest BCUT2D eigenvalue weighted by atomic mass is 10.2. The van der Waals surface area contributed by atoms with E-state index in [0.717, 1.165) is 0 Å². The Morgan fingerprint density at radius 2 is 1.96 bits per heavy atom. The van der Waals surface area contributed by atoms with E-state index in [9.17, 15) is 9.59 Å². The van der Waals surface area contributed by atoms with Gasteiger partial charge in [-0.15, -0.1) is 0 Å². The van der Waals surface area contributed by atoms with Gasteiger partial charge in [-0.05, 0) is 12.1 Å². The van der Waals surface area contributed by atoms with E-state index in [0.29, 0.717) is 22.2 Å². The summed E-state index contributed by atoms with van der Waals surface area (Å²) in [6.07, 6.45) is 9.52. The van der Waals surface area contributed by atoms with Crippen molar-refractivity contribution in [2.75, 3.05) is 0 Å². The minimum atomic E-state index is -0.452. The summed E-state index contributed by atoms with van der Waals surface area (Å²) in [6.45, 7) is 0. The number of rotatable bonds is 0. The van der Waals surface area contributed by atoms with Crippen LogP contribution < -0.4 is 11.1 Å². The van der Waals surface area contributed by atoms with Crippen molar-refractivity contribution in [1.29, 1.82) is 0 Å². The van der Waals surface area contributed by atoms with Crippen LogP contribution in [0.4, 0.5) is 0 Å². The summed E-state index contributed by atoms with van der Waals surface area (Å²) in [6, 6.07) is 3.13. The molecule has 1 aromatic heterocycles. The zero-order chi connectivity index (χ0) is 16.1. The zero-order valence-electron chi connectivity index (χ0n) is 11.8. The SMILES string of the molecule is O=c1[nH]cc2ncoccnccnc(=O)c3cc[nH]c3cc1-2. The van der Waals surface area contributed by atoms with Gasteiger partial charge >= 0.3 is 0 Å². The molecule has 0 spiro atoms. The van der Waals surface area contributed by atoms with Crippen LogP contribution in [0.15, 0.2) is 69.8 Å². The first-order valence-electron chi connectivity index (χ1n) is 6.59. The Labute approximate surface area is 128 Å². The summed E-state index contributed by atoms with van der Waals surface area (Å²) in [7, 11) is 0. The molecule has 2 N–H and O–H groups in total. The predicted octanol–water partition coefficient (Wildman–Crippen LogP) is 1.35. The van der Waals surface area contributed by atoms with Crippen LogP contribution in [0.1, 0.15) is 0 Å². The predicted molar refractivity (Wildman–Crippen MR) is 82.7 cm³/mol. The molecule has 3 heterocycles. The molecular weight excluding hydrogens is 298 g/mol. The average Bonchev–Trinajstić information content (AvgIpc) is 3.14. The average molecular weight is 309 g/mol. The third-order valence-electron chi connectivity index (χ3n) is 2.98. The zero-order valence-corrected chi connectivity index (χ0v) is 11.8. The molecule has 8 nitrogen and oxygen atoms in total. The van der Waals surface area contributed by atoms with E-state index in [1.165, 1.54) is 43.5 Å². The van der Waals surface area contributed by atoms with Crippen LogP contribution in [-0.4, -0.2) is 24.9 Å². The monoisotopic (exact) mass is 309 g/mol. The maximum Gasteiger partial charge on any atom is 0.279 e. The molecule has 1 aromatic rings. The highest BCUT2D eigenvalue weighted by Crippen LogP contribution is 2.13. The first kappa shape index (κ1) is 14.4. The van der Waals surface area contributed by atoms with Crippen LogP contribution >= 0.6 is 0 Å². The minimum absolute atomic E-state index is 0.306. The fourth-order valence-corrected chi connectivity index (χ4v) is 1.94. The smallest absolute Gasteiger partial charge is 0.279 e. The first-order valence-corrected chi connectivity index (χ1v) is 6.59. The van der Waals surface area contributed by atoms with Crippen molar-refractivity contribution < 1.29 is 4.42 Å². The second-order valence-corrected chi connectivity index (χ2v) is 4.40. The number of aromatic amines is 2. The molecule has 3 rings (SSSR count). The second-order valence-electron chi connectivity index (χ2n) is 4.40. The second kappa shape index (κ2) is 6.48. The summed E-state index contributed by atoms with van der Waals surface area (Å²) in [5, 5.41) is 0.340. The molecule has 23 heavy (non-hydrogen) atoms. The third kappa shape index (κ3) is 3.21. The molecule has 0 fully saturated rings. The molecule has 0 amide bonds. The third-order valence-corrected chi connectivity index (χ3v) is 2.98. The number of nitrogens with one attached hydrogen (secondary N) is 2. The standard InChI is InChI=1S/C15H11N5O3/c21-14-10-1-2-17-12(10)7-11-13(8-19-15(11)22)20-9-23-6-5-16-3-4-18-14/h1-9,17H,(H,19,22). The van der Waals surface area contributed by atoms with Crippen LogP contribution in [0.3, 0.4) is 0 Å². The fourth-order valence-electron chi connectivity index (χ4n) is 1.94. The summed E-state index contributed by atoms with van der Waals surface area (Å²) in [5.74, 6) is 0. The van der Waals surface area contributed by atoms with Crippen molar-refractivity contribution in [2.24, 2.45) is 0 Å². The van der Waals surface area contributed by atoms with Crippen molar-refractivity contribution in [3.8, 4) is 11.3 Å². The van der Waals surface area contributed by atoms with Gasteiger partial charge in [0.15, 0.2) is 6.39 Å². The van der Waals surface area contributed by atoms with Gasteiger partial charge in [-0.3, -0.25) is 14.6 Å². The Kier molecular flexibility index (Phi) is 4.05. The van der Waals surface area contributed by atoms with Crippen LogP contribution in [0.5, 0.6) is 0 Å². The van der Waals surface area contributed by atoms with Gasteiger partial charge in [-0.25, -0.2) is 9.97 Å². The number of nitrogens with zero attached hydrogens (tertiary/aromatic N) is 3. The first-order chi connectivity index (χ1) is 11.3. The van der Waals surface area contributed by atoms with Gasteiger partial charge in [0.1, 0.15) is 6.26 Å². The largest absolute Gasteiger partial charge is 0.452 e. The molecule has 114 valence electrons. The van der Waals surface area contributed by atoms with Crippen molar-refractivity contribution >= 4 is 10.9 Å². The highest BCUT2D eigenvalue weighted by molar-refractivity contribution is 5.80. The van der Waals surface area contributed by atoms with Crippen molar-refractivity contribution in [3.05, 3.63) is 76.5 Å². The Bertz CT molecular complexity index is 1030. The molecule has 2 aliphatic rings. The van der Waals surface area contributed by atoms with Gasteiger partial charge in [0.05, 0.1) is 28.4 Å². The van der Waals surface area contributed by atoms with E-state index in [-0.39, 0.29) is 5.56 Å². The van der Waals surface area contributed by atoms with E-state index in [1.807, 2.05) is 0 Å². The molecule has 2 aliphatic heterocycles. The highest BCUT2D eigenvalue weighted by Gasteiger charge is 2.07. The van der Waals surface area contributed by atoms with Gasteiger partial charge in [0.2, 0.25) is 0 Å². The van der Waals surface area contributed by atoms with Crippen LogP contribution in [0, 0.1) is 0 Å². The van der Waals surface area contributed by atoms with Gasteiger partial charge in [-0.1, -0.05) is 0 Å². The molecule has 0 aromatic carbocycles. The molecular formula is C15H11N5O3. The summed E-state index contributed by atoms with van der Waals surface area (Å²) in [4.78, 5) is 41.1. The van der Waals surface area contributed by atoms with Crippen LogP contribution in [-0.2, 0) is 0 Å². The van der Waals surface area contributed by atoms with Crippen molar-refractivity contribution in [3.63, 3.8) is 0 Å². The van der Waals surface area contributed by atoms with Crippen LogP contribution in [0.25, 0.3) is 22.2 Å². The maximum atomic E-state index is 12.1. The molecule has 0 unspecified atom stereocenters. The Morgan fingerprint density at radius 3 is 2.87 bits per heavy atom. The van der Waals surface area contributed by atoms with E-state index >= 15 is 0 Å². The number of fused-ring (bicyclic) bond motifs is 2. The number of H-pyrrole nitrogens is 2. The Hall–Kier alpha value is -3.55. The lowest BCUT2D eigenvalue weighted by molar-refractivity contribution is 0.534. The topological polar surface area (TPSA) is 118 Å². The lowest BCUT2D eigenvalue weighted by Crippen LogP contribution is -2.01. The summed E-state index contributed by atoms with van der Waals surface area (Å²) < 4.78 is 5.02. The van der Waals surface area contributed by atoms with Crippen molar-refractivity contribution in [2.45, 2.75) is 0 Å². The fraction of sp³-hybridized carbons (Fsp3) is 0. The van der Waals surface area contributed by atoms with E-state index in [2.05, 4.69) is 24.9 Å². The molecule has 0 radical (unpaired) electrons. The number of hydrogen-bond donors (Lipinski definition) is 2. The number of aromatic nitrogens is 5. The summed E-state index contributed by atoms with van der Waals surface area (Å²) in [5.41, 5.74) is 0.383. The minimum Gasteiger partial charge on any atom is -0.452 e.